The van der Waals surface area contributed by atoms with Gasteiger partial charge in [-0.25, -0.2) is 26.4 Å². The highest BCUT2D eigenvalue weighted by molar-refractivity contribution is 7.93. The van der Waals surface area contributed by atoms with E-state index < -0.39 is 32.0 Å². The summed E-state index contributed by atoms with van der Waals surface area (Å²) in [6, 6.07) is 42.6. The molecule has 0 bridgehead atoms. The number of para-hydroxylation sites is 2. The molecule has 0 unspecified atom stereocenters. The first-order chi connectivity index (χ1) is 29.1. The molecule has 11 nitrogen and oxygen atoms in total. The van der Waals surface area contributed by atoms with Crippen molar-refractivity contribution in [3.8, 4) is 6.07 Å². The van der Waals surface area contributed by atoms with Crippen LogP contribution in [0.2, 0.25) is 0 Å². The fraction of sp³-hybridized carbons (Fsp3) is 0.188. The first kappa shape index (κ1) is 45.3. The third-order valence-electron chi connectivity index (χ3n) is 10.5. The van der Waals surface area contributed by atoms with Gasteiger partial charge in [0.15, 0.2) is 0 Å². The van der Waals surface area contributed by atoms with Crippen molar-refractivity contribution in [2.24, 2.45) is 0 Å². The van der Waals surface area contributed by atoms with E-state index in [9.17, 15) is 41.9 Å². The summed E-state index contributed by atoms with van der Waals surface area (Å²) in [4.78, 5) is 23.0. The Hall–Kier alpha value is -6.75. The highest BCUT2D eigenvalue weighted by Crippen LogP contribution is 2.29. The molecule has 0 spiro atoms. The summed E-state index contributed by atoms with van der Waals surface area (Å²) < 4.78 is 56.9. The summed E-state index contributed by atoms with van der Waals surface area (Å²) in [5, 5.41) is 27.9. The molecule has 0 aromatic heterocycles. The quantitative estimate of drug-likeness (QED) is 0.0734. The lowest BCUT2D eigenvalue weighted by Gasteiger charge is -2.23. The third kappa shape index (κ3) is 11.7. The van der Waals surface area contributed by atoms with Gasteiger partial charge in [-0.3, -0.25) is 9.44 Å². The van der Waals surface area contributed by atoms with Crippen molar-refractivity contribution in [3.63, 3.8) is 0 Å². The number of benzene rings is 6. The summed E-state index contributed by atoms with van der Waals surface area (Å²) in [6.07, 6.45) is 2.84. The molecule has 0 aliphatic carbocycles. The number of sulfonamides is 2. The summed E-state index contributed by atoms with van der Waals surface area (Å²) in [5.41, 5.74) is 5.45. The first-order valence-electron chi connectivity index (χ1n) is 19.5. The number of aromatic carboxylic acids is 2. The highest BCUT2D eigenvalue weighted by atomic mass is 32.2. The third-order valence-corrected chi connectivity index (χ3v) is 13.3. The zero-order chi connectivity index (χ0) is 44.2. The van der Waals surface area contributed by atoms with Gasteiger partial charge in [0.1, 0.15) is 11.0 Å². The zero-order valence-corrected chi connectivity index (χ0v) is 35.6. The van der Waals surface area contributed by atoms with Crippen molar-refractivity contribution in [1.29, 1.82) is 5.26 Å². The lowest BCUT2D eigenvalue weighted by atomic mass is 9.82. The predicted octanol–water partition coefficient (Wildman–Crippen LogP) is 9.50. The maximum absolute atomic E-state index is 13.0. The summed E-state index contributed by atoms with van der Waals surface area (Å²) in [5.74, 6) is -1.97. The number of aryl methyl sites for hydroxylation is 4. The Morgan fingerprint density at radius 3 is 1.41 bits per heavy atom. The van der Waals surface area contributed by atoms with Gasteiger partial charge < -0.3 is 10.2 Å². The van der Waals surface area contributed by atoms with Crippen molar-refractivity contribution >= 4 is 43.4 Å². The number of carboxylic acid groups (broad SMARTS) is 2. The van der Waals surface area contributed by atoms with Gasteiger partial charge in [-0.2, -0.15) is 5.26 Å². The SMILES string of the molecule is CCC(C)(C)c1ccc(S(=O)(=O)Nc2ccccc2CCc2ccccc2C(=O)O)cc1.N#Cc1ccccc1S(=O)(=O)Nc1ccccc1CCc1ccccc1C(=O)O. The summed E-state index contributed by atoms with van der Waals surface area (Å²) >= 11 is 0. The van der Waals surface area contributed by atoms with E-state index in [1.165, 1.54) is 12.1 Å². The van der Waals surface area contributed by atoms with E-state index in [-0.39, 0.29) is 31.9 Å². The molecule has 13 heteroatoms. The maximum atomic E-state index is 13.0. The number of nitrogens with one attached hydrogen (secondary N) is 2. The van der Waals surface area contributed by atoms with Crippen LogP contribution in [0.3, 0.4) is 0 Å². The lowest BCUT2D eigenvalue weighted by molar-refractivity contribution is 0.0684. The Bertz CT molecular complexity index is 2780. The topological polar surface area (TPSA) is 191 Å². The standard InChI is InChI=1S/C26H29NO4S.C22H18N2O4S/c1-4-26(2,3)21-15-17-22(18-16-21)32(30,31)27-24-12-8-6-10-20(24)14-13-19-9-5-7-11-23(19)25(28)29;23-15-18-9-3-6-12-21(18)29(27,28)24-20-11-5-2-8-17(20)14-13-16-7-1-4-10-19(16)22(25)26/h5-12,15-18,27H,4,13-14H2,1-3H3,(H,28,29);1-12,24H,13-14H2,(H,25,26). The van der Waals surface area contributed by atoms with Crippen LogP contribution in [0.1, 0.15) is 81.3 Å². The minimum atomic E-state index is -3.95. The molecule has 0 saturated carbocycles. The minimum Gasteiger partial charge on any atom is -0.478 e. The number of rotatable bonds is 16. The van der Waals surface area contributed by atoms with E-state index in [0.29, 0.717) is 48.2 Å². The van der Waals surface area contributed by atoms with Crippen molar-refractivity contribution in [2.45, 2.75) is 68.1 Å². The van der Waals surface area contributed by atoms with Gasteiger partial charge in [0.25, 0.3) is 20.0 Å². The average Bonchev–Trinajstić information content (AvgIpc) is 3.26. The van der Waals surface area contributed by atoms with Crippen molar-refractivity contribution < 1.29 is 36.6 Å². The lowest BCUT2D eigenvalue weighted by Crippen LogP contribution is -2.17. The van der Waals surface area contributed by atoms with Gasteiger partial charge in [0.05, 0.1) is 33.0 Å². The van der Waals surface area contributed by atoms with Crippen LogP contribution in [0, 0.1) is 11.3 Å². The monoisotopic (exact) mass is 857 g/mol. The van der Waals surface area contributed by atoms with Crippen molar-refractivity contribution in [1.82, 2.24) is 0 Å². The first-order valence-corrected chi connectivity index (χ1v) is 22.5. The number of carboxylic acids is 2. The molecule has 0 aliphatic heterocycles. The van der Waals surface area contributed by atoms with Crippen LogP contribution in [-0.2, 0) is 51.1 Å². The summed E-state index contributed by atoms with van der Waals surface area (Å²) in [7, 11) is -7.70. The number of hydrogen-bond acceptors (Lipinski definition) is 7. The summed E-state index contributed by atoms with van der Waals surface area (Å²) in [6.45, 7) is 6.37. The van der Waals surface area contributed by atoms with E-state index in [2.05, 4.69) is 30.2 Å². The van der Waals surface area contributed by atoms with Gasteiger partial charge in [0, 0.05) is 0 Å². The molecule has 0 atom stereocenters. The number of nitrogens with zero attached hydrogens (tertiary/aromatic N) is 1. The minimum absolute atomic E-state index is 0.0193. The normalized spacial score (nSPS) is 11.4. The van der Waals surface area contributed by atoms with Crippen LogP contribution in [0.15, 0.2) is 155 Å². The molecule has 0 saturated heterocycles. The van der Waals surface area contributed by atoms with Gasteiger partial charge in [0.2, 0.25) is 0 Å². The smallest absolute Gasteiger partial charge is 0.335 e. The molecule has 314 valence electrons. The van der Waals surface area contributed by atoms with E-state index >= 15 is 0 Å². The number of carbonyl (C=O) groups is 2. The fourth-order valence-corrected chi connectivity index (χ4v) is 8.95. The van der Waals surface area contributed by atoms with E-state index in [1.807, 2.05) is 30.3 Å². The molecule has 6 rings (SSSR count). The Morgan fingerprint density at radius 1 is 0.557 bits per heavy atom. The largest absolute Gasteiger partial charge is 0.478 e. The van der Waals surface area contributed by atoms with E-state index in [4.69, 9.17) is 0 Å². The Labute approximate surface area is 357 Å². The Kier molecular flexibility index (Phi) is 14.9. The average molecular weight is 858 g/mol. The molecule has 0 amide bonds. The van der Waals surface area contributed by atoms with E-state index in [1.54, 1.807) is 109 Å². The molecule has 0 radical (unpaired) electrons. The van der Waals surface area contributed by atoms with Gasteiger partial charge in [-0.05, 0) is 114 Å². The molecular weight excluding hydrogens is 811 g/mol. The number of nitriles is 1. The molecular formula is C48H47N3O8S2. The van der Waals surface area contributed by atoms with Gasteiger partial charge in [-0.1, -0.05) is 118 Å². The molecule has 4 N–H and O–H groups in total. The van der Waals surface area contributed by atoms with Crippen LogP contribution >= 0.6 is 0 Å². The van der Waals surface area contributed by atoms with Crippen molar-refractivity contribution in [3.05, 3.63) is 190 Å². The van der Waals surface area contributed by atoms with Crippen LogP contribution < -0.4 is 9.44 Å². The second-order valence-corrected chi connectivity index (χ2v) is 18.2. The molecule has 6 aromatic carbocycles. The Balaban J connectivity index is 0.000000232. The maximum Gasteiger partial charge on any atom is 0.335 e. The molecule has 6 aromatic rings. The van der Waals surface area contributed by atoms with Crippen LogP contribution in [0.4, 0.5) is 11.4 Å². The molecule has 61 heavy (non-hydrogen) atoms. The van der Waals surface area contributed by atoms with Crippen molar-refractivity contribution in [2.75, 3.05) is 9.44 Å². The molecule has 0 heterocycles. The number of anilines is 2. The highest BCUT2D eigenvalue weighted by Gasteiger charge is 2.22. The second-order valence-electron chi connectivity index (χ2n) is 14.8. The van der Waals surface area contributed by atoms with Gasteiger partial charge >= 0.3 is 11.9 Å². The van der Waals surface area contributed by atoms with E-state index in [0.717, 1.165) is 23.1 Å². The zero-order valence-electron chi connectivity index (χ0n) is 34.0. The fourth-order valence-electron chi connectivity index (χ4n) is 6.59. The van der Waals surface area contributed by atoms with Crippen LogP contribution in [0.5, 0.6) is 0 Å². The molecule has 0 fully saturated rings. The Morgan fingerprint density at radius 2 is 0.951 bits per heavy atom. The predicted molar refractivity (Wildman–Crippen MR) is 237 cm³/mol. The molecule has 0 aliphatic rings. The second kappa shape index (κ2) is 20.0. The van der Waals surface area contributed by atoms with Gasteiger partial charge in [-0.15, -0.1) is 0 Å². The van der Waals surface area contributed by atoms with Crippen LogP contribution in [0.25, 0.3) is 0 Å². The van der Waals surface area contributed by atoms with Crippen LogP contribution in [-0.4, -0.2) is 39.0 Å². The number of hydrogen-bond donors (Lipinski definition) is 4.